The van der Waals surface area contributed by atoms with Crippen molar-refractivity contribution >= 4 is 27.3 Å². The lowest BCUT2D eigenvalue weighted by molar-refractivity contribution is 0.303. The first kappa shape index (κ1) is 14.0. The van der Waals surface area contributed by atoms with E-state index in [0.717, 1.165) is 22.6 Å². The molecule has 0 bridgehead atoms. The smallest absolute Gasteiger partial charge is 0.188 e. The normalized spacial score (nSPS) is 13.1. The molecule has 1 aromatic rings. The van der Waals surface area contributed by atoms with Gasteiger partial charge >= 0.3 is 0 Å². The second kappa shape index (κ2) is 6.59. The van der Waals surface area contributed by atoms with Crippen molar-refractivity contribution in [1.29, 1.82) is 0 Å². The summed E-state index contributed by atoms with van der Waals surface area (Å²) >= 11 is 5.15. The van der Waals surface area contributed by atoms with Crippen LogP contribution in [0.5, 0.6) is 5.06 Å². The summed E-state index contributed by atoms with van der Waals surface area (Å²) in [5.74, 6) is 0. The van der Waals surface area contributed by atoms with E-state index in [4.69, 9.17) is 4.74 Å². The minimum Gasteiger partial charge on any atom is -0.486 e. The molecule has 0 aliphatic rings. The Hall–Kier alpha value is -0.100. The van der Waals surface area contributed by atoms with Gasteiger partial charge in [-0.05, 0) is 43.0 Å². The molecule has 0 amide bonds. The predicted molar refractivity (Wildman–Crippen MR) is 73.4 cm³/mol. The summed E-state index contributed by atoms with van der Waals surface area (Å²) in [6.45, 7) is 4.09. The maximum atomic E-state index is 5.23. The largest absolute Gasteiger partial charge is 0.486 e. The van der Waals surface area contributed by atoms with Gasteiger partial charge in [-0.2, -0.15) is 0 Å². The Labute approximate surface area is 110 Å². The lowest BCUT2D eigenvalue weighted by Gasteiger charge is -2.19. The molecule has 16 heavy (non-hydrogen) atoms. The van der Waals surface area contributed by atoms with Crippen LogP contribution in [0.4, 0.5) is 0 Å². The molecule has 0 aliphatic heterocycles. The first-order valence-corrected chi connectivity index (χ1v) is 6.85. The van der Waals surface area contributed by atoms with Gasteiger partial charge in [0.1, 0.15) is 0 Å². The third kappa shape index (κ3) is 4.05. The van der Waals surface area contributed by atoms with E-state index in [1.54, 1.807) is 18.4 Å². The van der Waals surface area contributed by atoms with E-state index in [-0.39, 0.29) is 0 Å². The van der Waals surface area contributed by atoms with Gasteiger partial charge in [0, 0.05) is 24.0 Å². The number of methoxy groups -OCH3 is 1. The molecule has 1 aromatic heterocycles. The zero-order valence-corrected chi connectivity index (χ0v) is 12.6. The molecule has 1 rings (SSSR count). The Bertz CT molecular complexity index is 328. The van der Waals surface area contributed by atoms with E-state index in [2.05, 4.69) is 53.2 Å². The Balaban J connectivity index is 2.37. The first-order chi connectivity index (χ1) is 7.54. The molecule has 1 atom stereocenters. The van der Waals surface area contributed by atoms with Gasteiger partial charge in [0.15, 0.2) is 5.06 Å². The van der Waals surface area contributed by atoms with E-state index in [1.807, 2.05) is 0 Å². The zero-order chi connectivity index (χ0) is 12.1. The van der Waals surface area contributed by atoms with Crippen molar-refractivity contribution in [2.75, 3.05) is 27.7 Å². The third-order valence-corrected chi connectivity index (χ3v) is 4.46. The number of rotatable bonds is 6. The highest BCUT2D eigenvalue weighted by molar-refractivity contribution is 9.10. The monoisotopic (exact) mass is 306 g/mol. The van der Waals surface area contributed by atoms with Crippen LogP contribution in [0.1, 0.15) is 11.8 Å². The second-order valence-electron chi connectivity index (χ2n) is 4.00. The van der Waals surface area contributed by atoms with Crippen LogP contribution in [0.25, 0.3) is 0 Å². The van der Waals surface area contributed by atoms with Crippen LogP contribution in [-0.4, -0.2) is 38.7 Å². The summed E-state index contributed by atoms with van der Waals surface area (Å²) in [6, 6.07) is 2.65. The topological polar surface area (TPSA) is 24.5 Å². The molecule has 0 saturated heterocycles. The Morgan fingerprint density at radius 1 is 1.56 bits per heavy atom. The van der Waals surface area contributed by atoms with Gasteiger partial charge in [-0.25, -0.2) is 0 Å². The molecular formula is C11H19BrN2OS. The van der Waals surface area contributed by atoms with Crippen molar-refractivity contribution in [2.24, 2.45) is 0 Å². The van der Waals surface area contributed by atoms with E-state index in [9.17, 15) is 0 Å². The van der Waals surface area contributed by atoms with E-state index in [1.165, 1.54) is 4.88 Å². The highest BCUT2D eigenvalue weighted by Gasteiger charge is 2.08. The fraction of sp³-hybridized carbons (Fsp3) is 0.636. The number of ether oxygens (including phenoxy) is 1. The number of nitrogens with zero attached hydrogens (tertiary/aromatic N) is 1. The molecule has 1 unspecified atom stereocenters. The van der Waals surface area contributed by atoms with Crippen LogP contribution in [0.3, 0.4) is 0 Å². The Kier molecular flexibility index (Phi) is 5.75. The average Bonchev–Trinajstić information content (AvgIpc) is 2.58. The highest BCUT2D eigenvalue weighted by Crippen LogP contribution is 2.34. The molecule has 0 fully saturated rings. The van der Waals surface area contributed by atoms with Crippen LogP contribution in [-0.2, 0) is 6.54 Å². The molecule has 0 spiro atoms. The molecule has 0 radical (unpaired) electrons. The van der Waals surface area contributed by atoms with Gasteiger partial charge in [0.25, 0.3) is 0 Å². The van der Waals surface area contributed by atoms with Crippen LogP contribution in [0, 0.1) is 0 Å². The summed E-state index contributed by atoms with van der Waals surface area (Å²) in [5.41, 5.74) is 0. The maximum Gasteiger partial charge on any atom is 0.188 e. The first-order valence-electron chi connectivity index (χ1n) is 5.24. The molecule has 92 valence electrons. The fourth-order valence-electron chi connectivity index (χ4n) is 1.21. The predicted octanol–water partition coefficient (Wildman–Crippen LogP) is 2.56. The number of nitrogens with one attached hydrogen (secondary N) is 1. The molecule has 1 N–H and O–H groups in total. The molecule has 0 aromatic carbocycles. The third-order valence-electron chi connectivity index (χ3n) is 2.51. The maximum absolute atomic E-state index is 5.23. The van der Waals surface area contributed by atoms with Crippen LogP contribution in [0.2, 0.25) is 0 Å². The van der Waals surface area contributed by atoms with E-state index >= 15 is 0 Å². The van der Waals surface area contributed by atoms with Crippen molar-refractivity contribution in [3.63, 3.8) is 0 Å². The Morgan fingerprint density at radius 3 is 2.75 bits per heavy atom. The molecule has 0 aliphatic carbocycles. The van der Waals surface area contributed by atoms with Crippen LogP contribution < -0.4 is 10.1 Å². The molecule has 1 heterocycles. The van der Waals surface area contributed by atoms with Gasteiger partial charge in [-0.1, -0.05) is 0 Å². The Morgan fingerprint density at radius 2 is 2.25 bits per heavy atom. The van der Waals surface area contributed by atoms with Gasteiger partial charge < -0.3 is 15.0 Å². The highest BCUT2D eigenvalue weighted by atomic mass is 79.9. The average molecular weight is 307 g/mol. The van der Waals surface area contributed by atoms with Crippen molar-refractivity contribution in [3.8, 4) is 5.06 Å². The molecule has 3 nitrogen and oxygen atoms in total. The van der Waals surface area contributed by atoms with E-state index in [0.29, 0.717) is 6.04 Å². The van der Waals surface area contributed by atoms with Gasteiger partial charge in [-0.15, -0.1) is 11.3 Å². The minimum atomic E-state index is 0.547. The lowest BCUT2D eigenvalue weighted by atomic mass is 10.3. The number of hydrogen-bond acceptors (Lipinski definition) is 4. The quantitative estimate of drug-likeness (QED) is 0.874. The number of hydrogen-bond donors (Lipinski definition) is 1. The summed E-state index contributed by atoms with van der Waals surface area (Å²) in [7, 11) is 5.89. The van der Waals surface area contributed by atoms with Crippen molar-refractivity contribution in [1.82, 2.24) is 10.2 Å². The second-order valence-corrected chi connectivity index (χ2v) is 5.95. The number of halogens is 1. The summed E-state index contributed by atoms with van der Waals surface area (Å²) < 4.78 is 6.27. The fourth-order valence-corrected chi connectivity index (χ4v) is 2.87. The summed E-state index contributed by atoms with van der Waals surface area (Å²) in [4.78, 5) is 3.49. The van der Waals surface area contributed by atoms with Crippen LogP contribution >= 0.6 is 27.3 Å². The van der Waals surface area contributed by atoms with Crippen LogP contribution in [0.15, 0.2) is 10.5 Å². The van der Waals surface area contributed by atoms with Gasteiger partial charge in [0.05, 0.1) is 11.6 Å². The van der Waals surface area contributed by atoms with Crippen molar-refractivity contribution < 1.29 is 4.74 Å². The minimum absolute atomic E-state index is 0.547. The molecule has 0 saturated carbocycles. The zero-order valence-electron chi connectivity index (χ0n) is 10.2. The van der Waals surface area contributed by atoms with Gasteiger partial charge in [0.2, 0.25) is 0 Å². The van der Waals surface area contributed by atoms with Crippen molar-refractivity contribution in [3.05, 3.63) is 15.4 Å². The van der Waals surface area contributed by atoms with Gasteiger partial charge in [-0.3, -0.25) is 0 Å². The molecular weight excluding hydrogens is 288 g/mol. The van der Waals surface area contributed by atoms with E-state index < -0.39 is 0 Å². The SMILES string of the molecule is COc1sc(CNCC(C)N(C)C)cc1Br. The summed E-state index contributed by atoms with van der Waals surface area (Å²) in [6.07, 6.45) is 0. The number of likely N-dealkylation sites (N-methyl/N-ethyl adjacent to an activating group) is 1. The standard InChI is InChI=1S/C11H19BrN2OS/c1-8(14(2)3)6-13-7-9-5-10(12)11(15-4)16-9/h5,8,13H,6-7H2,1-4H3. The van der Waals surface area contributed by atoms with Crippen molar-refractivity contribution in [2.45, 2.75) is 19.5 Å². The number of thiophene rings is 1. The summed E-state index contributed by atoms with van der Waals surface area (Å²) in [5, 5.41) is 4.38. The lowest BCUT2D eigenvalue weighted by Crippen LogP contribution is -2.34. The molecule has 5 heteroatoms.